The number of rotatable bonds is 6. The summed E-state index contributed by atoms with van der Waals surface area (Å²) in [6, 6.07) is 2.84. The van der Waals surface area contributed by atoms with Crippen LogP contribution >= 0.6 is 11.8 Å². The molecule has 1 aliphatic heterocycles. The molecular formula is C24H31N3O5S. The second-order valence-electron chi connectivity index (χ2n) is 8.85. The molecule has 0 radical (unpaired) electrons. The molecule has 3 aliphatic rings. The average molecular weight is 474 g/mol. The van der Waals surface area contributed by atoms with E-state index in [-0.39, 0.29) is 47.3 Å². The average Bonchev–Trinajstić information content (AvgIpc) is 3.12. The van der Waals surface area contributed by atoms with Crippen molar-refractivity contribution in [1.29, 1.82) is 0 Å². The van der Waals surface area contributed by atoms with Crippen molar-refractivity contribution in [3.05, 3.63) is 32.7 Å². The summed E-state index contributed by atoms with van der Waals surface area (Å²) < 4.78 is 5.39. The predicted molar refractivity (Wildman–Crippen MR) is 130 cm³/mol. The number of carbonyl (C=O) groups excluding carboxylic acids is 1. The van der Waals surface area contributed by atoms with Crippen LogP contribution in [0.3, 0.4) is 0 Å². The molecule has 9 heteroatoms. The van der Waals surface area contributed by atoms with E-state index in [1.165, 1.54) is 42.8 Å². The molecule has 178 valence electrons. The number of thioether (sulfide) groups is 1. The van der Waals surface area contributed by atoms with E-state index in [4.69, 9.17) is 9.73 Å². The van der Waals surface area contributed by atoms with Gasteiger partial charge in [-0.25, -0.2) is 0 Å². The van der Waals surface area contributed by atoms with Crippen LogP contribution in [0.1, 0.15) is 76.7 Å². The maximum Gasteiger partial charge on any atom is 0.274 e. The molecule has 1 amide bonds. The number of aliphatic imine (C=N–C) groups is 1. The van der Waals surface area contributed by atoms with Gasteiger partial charge in [0.2, 0.25) is 0 Å². The molecule has 1 N–H and O–H groups in total. The fraction of sp³-hybridized carbons (Fsp3) is 0.583. The lowest BCUT2D eigenvalue weighted by Gasteiger charge is -2.31. The number of amidine groups is 1. The normalized spacial score (nSPS) is 22.9. The first-order valence-electron chi connectivity index (χ1n) is 11.9. The van der Waals surface area contributed by atoms with Crippen LogP contribution in [0.4, 0.5) is 5.69 Å². The Labute approximate surface area is 198 Å². The van der Waals surface area contributed by atoms with Crippen molar-refractivity contribution in [2.24, 2.45) is 4.99 Å². The van der Waals surface area contributed by atoms with E-state index in [9.17, 15) is 20.0 Å². The van der Waals surface area contributed by atoms with Gasteiger partial charge in [0.15, 0.2) is 16.7 Å². The zero-order valence-electron chi connectivity index (χ0n) is 19.0. The molecule has 2 saturated carbocycles. The molecule has 33 heavy (non-hydrogen) atoms. The molecule has 2 aliphatic carbocycles. The Morgan fingerprint density at radius 3 is 2.48 bits per heavy atom. The Kier molecular flexibility index (Phi) is 7.57. The quantitative estimate of drug-likeness (QED) is 0.326. The van der Waals surface area contributed by atoms with Crippen LogP contribution in [0.2, 0.25) is 0 Å². The minimum absolute atomic E-state index is 0.0363. The zero-order chi connectivity index (χ0) is 23.4. The maximum absolute atomic E-state index is 13.5. The van der Waals surface area contributed by atoms with Crippen molar-refractivity contribution in [3.63, 3.8) is 0 Å². The highest BCUT2D eigenvalue weighted by Gasteiger charge is 2.39. The Hall–Kier alpha value is -2.55. The number of carbonyl (C=O) groups is 1. The molecule has 0 aromatic heterocycles. The highest BCUT2D eigenvalue weighted by Crippen LogP contribution is 2.41. The summed E-state index contributed by atoms with van der Waals surface area (Å²) in [6.07, 6.45) is 12.5. The summed E-state index contributed by atoms with van der Waals surface area (Å²) in [4.78, 5) is 31.7. The number of phenols is 1. The zero-order valence-corrected chi connectivity index (χ0v) is 19.8. The molecule has 0 bridgehead atoms. The minimum Gasteiger partial charge on any atom is -0.504 e. The molecule has 0 unspecified atom stereocenters. The summed E-state index contributed by atoms with van der Waals surface area (Å²) in [7, 11) is 0. The molecule has 8 nitrogen and oxygen atoms in total. The molecule has 1 heterocycles. The van der Waals surface area contributed by atoms with Crippen LogP contribution in [-0.4, -0.2) is 44.7 Å². The van der Waals surface area contributed by atoms with Gasteiger partial charge in [-0.2, -0.15) is 0 Å². The van der Waals surface area contributed by atoms with E-state index in [1.54, 1.807) is 6.92 Å². The van der Waals surface area contributed by atoms with Crippen LogP contribution < -0.4 is 4.74 Å². The van der Waals surface area contributed by atoms with Crippen molar-refractivity contribution >= 4 is 34.6 Å². The van der Waals surface area contributed by atoms with Gasteiger partial charge in [0.05, 0.1) is 28.5 Å². The topological polar surface area (TPSA) is 105 Å². The number of non-ortho nitro benzene ring substituents is 1. The summed E-state index contributed by atoms with van der Waals surface area (Å²) >= 11 is 1.32. The van der Waals surface area contributed by atoms with Crippen LogP contribution in [0.25, 0.3) is 6.08 Å². The van der Waals surface area contributed by atoms with Crippen LogP contribution in [0, 0.1) is 10.1 Å². The largest absolute Gasteiger partial charge is 0.504 e. The predicted octanol–water partition coefficient (Wildman–Crippen LogP) is 5.64. The molecule has 3 fully saturated rings. The molecule has 1 aromatic rings. The Morgan fingerprint density at radius 1 is 1.18 bits per heavy atom. The lowest BCUT2D eigenvalue weighted by Crippen LogP contribution is -2.41. The number of nitrogens with zero attached hydrogens (tertiary/aromatic N) is 3. The maximum atomic E-state index is 13.5. The van der Waals surface area contributed by atoms with Gasteiger partial charge in [-0.3, -0.25) is 24.8 Å². The summed E-state index contributed by atoms with van der Waals surface area (Å²) in [6.45, 7) is 1.99. The molecule has 1 saturated heterocycles. The number of ether oxygens (including phenoxy) is 1. The third-order valence-corrected chi connectivity index (χ3v) is 7.53. The number of nitro groups is 1. The fourth-order valence-corrected chi connectivity index (χ4v) is 5.94. The van der Waals surface area contributed by atoms with E-state index in [2.05, 4.69) is 0 Å². The smallest absolute Gasteiger partial charge is 0.274 e. The van der Waals surface area contributed by atoms with Gasteiger partial charge in [0.1, 0.15) is 0 Å². The second-order valence-corrected chi connectivity index (χ2v) is 9.86. The molecule has 4 rings (SSSR count). The Morgan fingerprint density at radius 2 is 1.85 bits per heavy atom. The minimum atomic E-state index is -0.530. The first-order valence-corrected chi connectivity index (χ1v) is 12.7. The molecule has 0 atom stereocenters. The van der Waals surface area contributed by atoms with Gasteiger partial charge >= 0.3 is 0 Å². The summed E-state index contributed by atoms with van der Waals surface area (Å²) in [5.74, 6) is -0.301. The number of aromatic hydroxyl groups is 1. The van der Waals surface area contributed by atoms with Gasteiger partial charge in [0, 0.05) is 17.7 Å². The van der Waals surface area contributed by atoms with Crippen molar-refractivity contribution < 1.29 is 19.6 Å². The highest BCUT2D eigenvalue weighted by molar-refractivity contribution is 8.18. The first kappa shape index (κ1) is 23.6. The number of nitro benzene ring substituents is 1. The molecule has 0 spiro atoms. The van der Waals surface area contributed by atoms with E-state index in [0.717, 1.165) is 56.5 Å². The van der Waals surface area contributed by atoms with Crippen LogP contribution in [-0.2, 0) is 4.79 Å². The van der Waals surface area contributed by atoms with E-state index < -0.39 is 4.92 Å². The highest BCUT2D eigenvalue weighted by atomic mass is 32.2. The first-order chi connectivity index (χ1) is 16.0. The third kappa shape index (κ3) is 5.34. The Bertz CT molecular complexity index is 965. The van der Waals surface area contributed by atoms with E-state index in [0.29, 0.717) is 4.91 Å². The molecule has 1 aromatic carbocycles. The van der Waals surface area contributed by atoms with Gasteiger partial charge in [-0.05, 0) is 50.4 Å². The van der Waals surface area contributed by atoms with Crippen molar-refractivity contribution in [3.8, 4) is 11.5 Å². The van der Waals surface area contributed by atoms with Gasteiger partial charge in [-0.1, -0.05) is 38.5 Å². The van der Waals surface area contributed by atoms with E-state index >= 15 is 0 Å². The third-order valence-electron chi connectivity index (χ3n) is 6.53. The lowest BCUT2D eigenvalue weighted by molar-refractivity contribution is -0.385. The standard InChI is InChI=1S/C24H31N3O5S/c1-2-32-20-15-19(27(30)31)13-16(22(20)28)14-21-23(29)26(18-11-7-4-8-12-18)24(33-21)25-17-9-5-3-6-10-17/h13-15,17-18,28H,2-12H2,1H3. The van der Waals surface area contributed by atoms with Crippen LogP contribution in [0.5, 0.6) is 11.5 Å². The van der Waals surface area contributed by atoms with Crippen molar-refractivity contribution in [2.45, 2.75) is 83.2 Å². The van der Waals surface area contributed by atoms with Crippen LogP contribution in [0.15, 0.2) is 22.0 Å². The monoisotopic (exact) mass is 473 g/mol. The number of amides is 1. The fourth-order valence-electron chi connectivity index (χ4n) is 4.84. The second kappa shape index (κ2) is 10.6. The van der Waals surface area contributed by atoms with Crippen molar-refractivity contribution in [2.75, 3.05) is 6.61 Å². The van der Waals surface area contributed by atoms with Gasteiger partial charge < -0.3 is 9.84 Å². The lowest BCUT2D eigenvalue weighted by atomic mass is 9.94. The van der Waals surface area contributed by atoms with Crippen molar-refractivity contribution in [1.82, 2.24) is 4.90 Å². The SMILES string of the molecule is CCOc1cc([N+](=O)[O-])cc(C=C2SC(=NC3CCCCC3)N(C3CCCCC3)C2=O)c1O. The number of hydrogen-bond donors (Lipinski definition) is 1. The summed E-state index contributed by atoms with van der Waals surface area (Å²) in [5.41, 5.74) is 0.00443. The number of benzene rings is 1. The number of phenolic OH excluding ortho intramolecular Hbond substituents is 1. The van der Waals surface area contributed by atoms with Gasteiger partial charge in [-0.15, -0.1) is 0 Å². The summed E-state index contributed by atoms with van der Waals surface area (Å²) in [5, 5.41) is 22.8. The number of hydrogen-bond acceptors (Lipinski definition) is 7. The van der Waals surface area contributed by atoms with E-state index in [1.807, 2.05) is 4.90 Å². The van der Waals surface area contributed by atoms with Gasteiger partial charge in [0.25, 0.3) is 11.6 Å². The Balaban J connectivity index is 1.71. The molecular weight excluding hydrogens is 442 g/mol.